The summed E-state index contributed by atoms with van der Waals surface area (Å²) in [5.41, 5.74) is 2.00. The molecule has 2 aromatic carbocycles. The lowest BCUT2D eigenvalue weighted by molar-refractivity contribution is -0.113. The summed E-state index contributed by atoms with van der Waals surface area (Å²) in [6.07, 6.45) is 0. The molecule has 2 N–H and O–H groups in total. The SMILES string of the molecule is Cc1ccc(Nc2nnc(SCC(=O)Nc3ccc(F)cc3F)s2)cc1. The highest BCUT2D eigenvalue weighted by Gasteiger charge is 2.11. The summed E-state index contributed by atoms with van der Waals surface area (Å²) in [5, 5.41) is 14.2. The van der Waals surface area contributed by atoms with Crippen molar-refractivity contribution in [1.82, 2.24) is 10.2 Å². The van der Waals surface area contributed by atoms with Gasteiger partial charge in [0.2, 0.25) is 11.0 Å². The third kappa shape index (κ3) is 4.99. The van der Waals surface area contributed by atoms with E-state index in [0.29, 0.717) is 9.47 Å². The molecule has 0 atom stereocenters. The van der Waals surface area contributed by atoms with E-state index in [-0.39, 0.29) is 11.4 Å². The number of anilines is 3. The van der Waals surface area contributed by atoms with Crippen molar-refractivity contribution in [3.63, 3.8) is 0 Å². The van der Waals surface area contributed by atoms with Crippen LogP contribution in [-0.2, 0) is 4.79 Å². The summed E-state index contributed by atoms with van der Waals surface area (Å²) in [7, 11) is 0. The van der Waals surface area contributed by atoms with E-state index in [0.717, 1.165) is 23.4 Å². The van der Waals surface area contributed by atoms with Crippen molar-refractivity contribution in [2.24, 2.45) is 0 Å². The molecule has 0 radical (unpaired) electrons. The fraction of sp³-hybridized carbons (Fsp3) is 0.118. The average Bonchev–Trinajstić information content (AvgIpc) is 3.05. The Labute approximate surface area is 156 Å². The van der Waals surface area contributed by atoms with E-state index in [1.54, 1.807) is 0 Å². The second-order valence-electron chi connectivity index (χ2n) is 5.33. The second kappa shape index (κ2) is 8.24. The molecule has 1 heterocycles. The second-order valence-corrected chi connectivity index (χ2v) is 7.53. The largest absolute Gasteiger partial charge is 0.330 e. The van der Waals surface area contributed by atoms with Gasteiger partial charge in [0, 0.05) is 11.8 Å². The van der Waals surface area contributed by atoms with Crippen LogP contribution in [0.4, 0.5) is 25.3 Å². The van der Waals surface area contributed by atoms with E-state index in [2.05, 4.69) is 20.8 Å². The Hall–Kier alpha value is -2.52. The summed E-state index contributed by atoms with van der Waals surface area (Å²) < 4.78 is 27.0. The molecule has 0 aliphatic heterocycles. The predicted octanol–water partition coefficient (Wildman–Crippen LogP) is 4.60. The number of amides is 1. The first-order valence-corrected chi connectivity index (χ1v) is 9.35. The number of nitrogens with one attached hydrogen (secondary N) is 2. The van der Waals surface area contributed by atoms with Crippen LogP contribution in [0.25, 0.3) is 0 Å². The van der Waals surface area contributed by atoms with Crippen LogP contribution in [0.2, 0.25) is 0 Å². The van der Waals surface area contributed by atoms with Gasteiger partial charge in [0.15, 0.2) is 4.34 Å². The van der Waals surface area contributed by atoms with Gasteiger partial charge < -0.3 is 10.6 Å². The number of thioether (sulfide) groups is 1. The van der Waals surface area contributed by atoms with Crippen LogP contribution in [0.1, 0.15) is 5.56 Å². The number of hydrogen-bond donors (Lipinski definition) is 2. The van der Waals surface area contributed by atoms with Crippen molar-refractivity contribution >= 4 is 45.5 Å². The van der Waals surface area contributed by atoms with Gasteiger partial charge in [-0.15, -0.1) is 10.2 Å². The van der Waals surface area contributed by atoms with E-state index in [1.165, 1.54) is 29.2 Å². The summed E-state index contributed by atoms with van der Waals surface area (Å²) in [6.45, 7) is 2.01. The van der Waals surface area contributed by atoms with Crippen molar-refractivity contribution in [2.45, 2.75) is 11.3 Å². The number of hydrogen-bond acceptors (Lipinski definition) is 6. The van der Waals surface area contributed by atoms with Gasteiger partial charge in [-0.05, 0) is 31.2 Å². The summed E-state index contributed by atoms with van der Waals surface area (Å²) in [4.78, 5) is 11.9. The Morgan fingerprint density at radius 2 is 1.92 bits per heavy atom. The standard InChI is InChI=1S/C17H14F2N4OS2/c1-10-2-5-12(6-3-10)20-16-22-23-17(26-16)25-9-15(24)21-14-7-4-11(18)8-13(14)19/h2-8H,9H2,1H3,(H,20,22)(H,21,24). The first-order chi connectivity index (χ1) is 12.5. The first kappa shape index (κ1) is 18.3. The number of rotatable bonds is 6. The minimum Gasteiger partial charge on any atom is -0.330 e. The number of nitrogens with zero attached hydrogens (tertiary/aromatic N) is 2. The molecule has 0 fully saturated rings. The van der Waals surface area contributed by atoms with Gasteiger partial charge in [-0.3, -0.25) is 4.79 Å². The maximum atomic E-state index is 13.5. The Morgan fingerprint density at radius 3 is 2.65 bits per heavy atom. The number of benzene rings is 2. The number of aromatic nitrogens is 2. The van der Waals surface area contributed by atoms with Gasteiger partial charge in [0.25, 0.3) is 0 Å². The fourth-order valence-electron chi connectivity index (χ4n) is 1.98. The van der Waals surface area contributed by atoms with Crippen LogP contribution in [0.3, 0.4) is 0 Å². The van der Waals surface area contributed by atoms with Gasteiger partial charge in [-0.25, -0.2) is 8.78 Å². The molecule has 134 valence electrons. The molecule has 3 rings (SSSR count). The van der Waals surface area contributed by atoms with Gasteiger partial charge in [0.05, 0.1) is 11.4 Å². The lowest BCUT2D eigenvalue weighted by Gasteiger charge is -2.05. The lowest BCUT2D eigenvalue weighted by atomic mass is 10.2. The monoisotopic (exact) mass is 392 g/mol. The normalized spacial score (nSPS) is 10.6. The van der Waals surface area contributed by atoms with Gasteiger partial charge in [-0.1, -0.05) is 40.8 Å². The molecular weight excluding hydrogens is 378 g/mol. The van der Waals surface area contributed by atoms with Crippen LogP contribution in [0, 0.1) is 18.6 Å². The highest BCUT2D eigenvalue weighted by atomic mass is 32.2. The summed E-state index contributed by atoms with van der Waals surface area (Å²) in [5.74, 6) is -1.89. The molecule has 0 aliphatic rings. The molecule has 9 heteroatoms. The Balaban J connectivity index is 1.52. The topological polar surface area (TPSA) is 66.9 Å². The van der Waals surface area contributed by atoms with Crippen molar-refractivity contribution in [3.8, 4) is 0 Å². The van der Waals surface area contributed by atoms with Crippen molar-refractivity contribution in [2.75, 3.05) is 16.4 Å². The van der Waals surface area contributed by atoms with E-state index in [4.69, 9.17) is 0 Å². The molecule has 0 unspecified atom stereocenters. The van der Waals surface area contributed by atoms with Crippen molar-refractivity contribution in [3.05, 3.63) is 59.7 Å². The first-order valence-electron chi connectivity index (χ1n) is 7.54. The van der Waals surface area contributed by atoms with Crippen LogP contribution < -0.4 is 10.6 Å². The highest BCUT2D eigenvalue weighted by Crippen LogP contribution is 2.28. The summed E-state index contributed by atoms with van der Waals surface area (Å²) in [6, 6.07) is 10.8. The van der Waals surface area contributed by atoms with Gasteiger partial charge in [-0.2, -0.15) is 0 Å². The fourth-order valence-corrected chi connectivity index (χ4v) is 3.56. The van der Waals surface area contributed by atoms with E-state index in [9.17, 15) is 13.6 Å². The Bertz CT molecular complexity index is 915. The number of carbonyl (C=O) groups is 1. The maximum absolute atomic E-state index is 13.5. The Kier molecular flexibility index (Phi) is 5.79. The van der Waals surface area contributed by atoms with E-state index < -0.39 is 17.5 Å². The van der Waals surface area contributed by atoms with Gasteiger partial charge in [0.1, 0.15) is 11.6 Å². The molecule has 1 amide bonds. The van der Waals surface area contributed by atoms with E-state index >= 15 is 0 Å². The molecule has 0 spiro atoms. The zero-order valence-electron chi connectivity index (χ0n) is 13.6. The third-order valence-corrected chi connectivity index (χ3v) is 5.21. The zero-order valence-corrected chi connectivity index (χ0v) is 15.3. The third-order valence-electron chi connectivity index (χ3n) is 3.24. The minimum absolute atomic E-state index is 0.0377. The van der Waals surface area contributed by atoms with Crippen LogP contribution >= 0.6 is 23.1 Å². The van der Waals surface area contributed by atoms with Crippen molar-refractivity contribution in [1.29, 1.82) is 0 Å². The molecular formula is C17H14F2N4OS2. The van der Waals surface area contributed by atoms with Gasteiger partial charge >= 0.3 is 0 Å². The molecule has 0 saturated carbocycles. The number of halogens is 2. The van der Waals surface area contributed by atoms with Crippen molar-refractivity contribution < 1.29 is 13.6 Å². The Morgan fingerprint density at radius 1 is 1.15 bits per heavy atom. The van der Waals surface area contributed by atoms with Crippen LogP contribution in [0.15, 0.2) is 46.8 Å². The lowest BCUT2D eigenvalue weighted by Crippen LogP contribution is -2.15. The highest BCUT2D eigenvalue weighted by molar-refractivity contribution is 8.01. The molecule has 0 bridgehead atoms. The number of carbonyl (C=O) groups excluding carboxylic acids is 1. The molecule has 1 aromatic heterocycles. The number of aryl methyl sites for hydroxylation is 1. The van der Waals surface area contributed by atoms with E-state index in [1.807, 2.05) is 31.2 Å². The summed E-state index contributed by atoms with van der Waals surface area (Å²) >= 11 is 2.50. The minimum atomic E-state index is -0.816. The maximum Gasteiger partial charge on any atom is 0.234 e. The average molecular weight is 392 g/mol. The molecule has 26 heavy (non-hydrogen) atoms. The smallest absolute Gasteiger partial charge is 0.234 e. The zero-order chi connectivity index (χ0) is 18.5. The van der Waals surface area contributed by atoms with Crippen LogP contribution in [0.5, 0.6) is 0 Å². The quantitative estimate of drug-likeness (QED) is 0.600. The molecule has 5 nitrogen and oxygen atoms in total. The van der Waals surface area contributed by atoms with Crippen LogP contribution in [-0.4, -0.2) is 21.9 Å². The molecule has 0 saturated heterocycles. The molecule has 3 aromatic rings. The molecule has 0 aliphatic carbocycles. The predicted molar refractivity (Wildman–Crippen MR) is 100 cm³/mol.